The first-order valence-electron chi connectivity index (χ1n) is 12.9. The minimum atomic E-state index is -1.18. The number of carbonyl (C=O) groups excluding carboxylic acids is 3. The molecule has 1 aromatic rings. The van der Waals surface area contributed by atoms with E-state index in [4.69, 9.17) is 21.1 Å². The van der Waals surface area contributed by atoms with E-state index in [9.17, 15) is 19.5 Å². The number of β-amino-alcohol motifs (C(OH)–C–C–N with tert-alkyl or cyclic N) is 1. The van der Waals surface area contributed by atoms with Crippen LogP contribution in [0.25, 0.3) is 0 Å². The van der Waals surface area contributed by atoms with Crippen molar-refractivity contribution in [3.63, 3.8) is 0 Å². The molecule has 3 fully saturated rings. The zero-order valence-corrected chi connectivity index (χ0v) is 22.0. The summed E-state index contributed by atoms with van der Waals surface area (Å²) in [6, 6.07) is 5.84. The molecule has 200 valence electrons. The number of hydrogen-bond donors (Lipinski definition) is 1. The summed E-state index contributed by atoms with van der Waals surface area (Å²) >= 11 is 6.06. The largest absolute Gasteiger partial charge is 0.465 e. The Balaban J connectivity index is 1.73. The van der Waals surface area contributed by atoms with Gasteiger partial charge in [-0.15, -0.1) is 13.2 Å². The standard InChI is InChI=1S/C28H35ClN2O6/c1-4-7-8-18-36-26(35)22-21-24(33)31(16-17-32)23(28(21)14-13-27(22,6-3)37-28)25(34)30(15-5-2)20-11-9-19(29)10-12-20/h4-5,9-12,21-23,32H,1-2,6-8,13-18H2,3H3/t21-,22+,23?,27-,28?/m0/s1. The molecule has 0 aromatic heterocycles. The highest BCUT2D eigenvalue weighted by Gasteiger charge is 2.79. The number of fused-ring (bicyclic) bond motifs is 1. The van der Waals surface area contributed by atoms with Crippen molar-refractivity contribution in [1.29, 1.82) is 0 Å². The molecule has 1 aromatic carbocycles. The van der Waals surface area contributed by atoms with Crippen molar-refractivity contribution in [3.05, 3.63) is 54.6 Å². The number of amides is 2. The quantitative estimate of drug-likeness (QED) is 0.252. The number of esters is 1. The topological polar surface area (TPSA) is 96.4 Å². The van der Waals surface area contributed by atoms with E-state index in [0.29, 0.717) is 42.8 Å². The molecular formula is C28H35ClN2O6. The lowest BCUT2D eigenvalue weighted by molar-refractivity contribution is -0.161. The van der Waals surface area contributed by atoms with Gasteiger partial charge in [0.05, 0.1) is 24.7 Å². The summed E-state index contributed by atoms with van der Waals surface area (Å²) in [6.07, 6.45) is 6.23. The normalized spacial score (nSPS) is 29.8. The molecule has 0 aliphatic carbocycles. The number of carbonyl (C=O) groups is 3. The van der Waals surface area contributed by atoms with Crippen LogP contribution in [0.1, 0.15) is 39.0 Å². The van der Waals surface area contributed by atoms with Gasteiger partial charge < -0.3 is 24.4 Å². The van der Waals surface area contributed by atoms with Crippen LogP contribution in [0.15, 0.2) is 49.6 Å². The zero-order chi connectivity index (χ0) is 26.8. The Bertz CT molecular complexity index is 1060. The van der Waals surface area contributed by atoms with Gasteiger partial charge in [-0.3, -0.25) is 14.4 Å². The summed E-state index contributed by atoms with van der Waals surface area (Å²) in [4.78, 5) is 44.5. The molecule has 4 rings (SSSR count). The first kappa shape index (κ1) is 27.4. The fourth-order valence-corrected chi connectivity index (χ4v) is 6.54. The molecule has 3 aliphatic heterocycles. The summed E-state index contributed by atoms with van der Waals surface area (Å²) in [7, 11) is 0. The number of unbranched alkanes of at least 4 members (excludes halogenated alkanes) is 1. The predicted molar refractivity (Wildman–Crippen MR) is 140 cm³/mol. The molecule has 2 unspecified atom stereocenters. The first-order chi connectivity index (χ1) is 17.8. The van der Waals surface area contributed by atoms with E-state index < -0.39 is 35.0 Å². The van der Waals surface area contributed by atoms with Crippen LogP contribution >= 0.6 is 11.6 Å². The maximum atomic E-state index is 14.3. The lowest BCUT2D eigenvalue weighted by atomic mass is 9.65. The lowest BCUT2D eigenvalue weighted by Gasteiger charge is -2.36. The van der Waals surface area contributed by atoms with E-state index in [2.05, 4.69) is 13.2 Å². The molecule has 37 heavy (non-hydrogen) atoms. The smallest absolute Gasteiger partial charge is 0.312 e. The van der Waals surface area contributed by atoms with Gasteiger partial charge in [0, 0.05) is 23.8 Å². The van der Waals surface area contributed by atoms with Gasteiger partial charge in [0.2, 0.25) is 5.91 Å². The lowest BCUT2D eigenvalue weighted by Crippen LogP contribution is -2.56. The van der Waals surface area contributed by atoms with Gasteiger partial charge >= 0.3 is 5.97 Å². The van der Waals surface area contributed by atoms with E-state index >= 15 is 0 Å². The van der Waals surface area contributed by atoms with E-state index in [1.165, 1.54) is 4.90 Å². The number of aliphatic hydroxyl groups excluding tert-OH is 1. The molecule has 3 heterocycles. The molecule has 9 heteroatoms. The number of likely N-dealkylation sites (tertiary alicyclic amines) is 1. The second-order valence-electron chi connectivity index (χ2n) is 9.90. The number of aliphatic hydroxyl groups is 1. The predicted octanol–water partition coefficient (Wildman–Crippen LogP) is 3.52. The van der Waals surface area contributed by atoms with Crippen LogP contribution in [-0.2, 0) is 23.9 Å². The number of benzene rings is 1. The molecule has 0 radical (unpaired) electrons. The highest BCUT2D eigenvalue weighted by molar-refractivity contribution is 6.30. The second kappa shape index (κ2) is 11.0. The summed E-state index contributed by atoms with van der Waals surface area (Å²) in [5.41, 5.74) is -1.46. The number of nitrogens with zero attached hydrogens (tertiary/aromatic N) is 2. The minimum Gasteiger partial charge on any atom is -0.465 e. The summed E-state index contributed by atoms with van der Waals surface area (Å²) in [5.74, 6) is -2.85. The van der Waals surface area contributed by atoms with Crippen LogP contribution in [0.2, 0.25) is 5.02 Å². The van der Waals surface area contributed by atoms with Crippen molar-refractivity contribution < 1.29 is 29.0 Å². The second-order valence-corrected chi connectivity index (χ2v) is 10.3. The molecule has 2 amide bonds. The maximum absolute atomic E-state index is 14.3. The molecule has 5 atom stereocenters. The van der Waals surface area contributed by atoms with Crippen LogP contribution in [0.5, 0.6) is 0 Å². The molecule has 1 spiro atoms. The molecular weight excluding hydrogens is 496 g/mol. The fourth-order valence-electron chi connectivity index (χ4n) is 6.41. The minimum absolute atomic E-state index is 0.0420. The number of rotatable bonds is 12. The third-order valence-corrected chi connectivity index (χ3v) is 8.27. The number of anilines is 1. The van der Waals surface area contributed by atoms with Gasteiger partial charge in [-0.25, -0.2) is 0 Å². The highest BCUT2D eigenvalue weighted by Crippen LogP contribution is 2.64. The van der Waals surface area contributed by atoms with E-state index in [0.717, 1.165) is 0 Å². The van der Waals surface area contributed by atoms with Gasteiger partial charge in [0.25, 0.3) is 5.91 Å². The van der Waals surface area contributed by atoms with Crippen LogP contribution in [-0.4, -0.2) is 71.3 Å². The maximum Gasteiger partial charge on any atom is 0.312 e. The fraction of sp³-hybridized carbons (Fsp3) is 0.536. The average Bonchev–Trinajstić information content (AvgIpc) is 3.49. The number of allylic oxidation sites excluding steroid dienone is 1. The van der Waals surface area contributed by atoms with Crippen molar-refractivity contribution in [2.75, 3.05) is 31.2 Å². The number of hydrogen-bond acceptors (Lipinski definition) is 6. The van der Waals surface area contributed by atoms with Crippen LogP contribution in [0.4, 0.5) is 5.69 Å². The number of halogens is 1. The van der Waals surface area contributed by atoms with Gasteiger partial charge in [0.15, 0.2) is 0 Å². The zero-order valence-electron chi connectivity index (χ0n) is 21.2. The summed E-state index contributed by atoms with van der Waals surface area (Å²) in [5, 5.41) is 10.3. The first-order valence-corrected chi connectivity index (χ1v) is 13.2. The molecule has 8 nitrogen and oxygen atoms in total. The van der Waals surface area contributed by atoms with Gasteiger partial charge in [-0.1, -0.05) is 30.7 Å². The third-order valence-electron chi connectivity index (χ3n) is 8.02. The highest BCUT2D eigenvalue weighted by atomic mass is 35.5. The van der Waals surface area contributed by atoms with E-state index in [1.807, 2.05) is 6.92 Å². The third kappa shape index (κ3) is 4.49. The average molecular weight is 531 g/mol. The van der Waals surface area contributed by atoms with Crippen molar-refractivity contribution >= 4 is 35.1 Å². The molecule has 3 saturated heterocycles. The van der Waals surface area contributed by atoms with Crippen molar-refractivity contribution in [3.8, 4) is 0 Å². The Morgan fingerprint density at radius 3 is 2.62 bits per heavy atom. The summed E-state index contributed by atoms with van der Waals surface area (Å²) < 4.78 is 12.3. The summed E-state index contributed by atoms with van der Waals surface area (Å²) in [6.45, 7) is 9.48. The monoisotopic (exact) mass is 530 g/mol. The van der Waals surface area contributed by atoms with Crippen LogP contribution < -0.4 is 4.90 Å². The van der Waals surface area contributed by atoms with Crippen LogP contribution in [0.3, 0.4) is 0 Å². The Labute approximate surface area is 222 Å². The van der Waals surface area contributed by atoms with Crippen molar-refractivity contribution in [2.24, 2.45) is 11.8 Å². The Morgan fingerprint density at radius 2 is 2.00 bits per heavy atom. The van der Waals surface area contributed by atoms with Crippen molar-refractivity contribution in [2.45, 2.75) is 56.3 Å². The Kier molecular flexibility index (Phi) is 8.11. The molecule has 1 N–H and O–H groups in total. The van der Waals surface area contributed by atoms with Gasteiger partial charge in [0.1, 0.15) is 17.6 Å². The van der Waals surface area contributed by atoms with Gasteiger partial charge in [-0.2, -0.15) is 0 Å². The molecule has 3 aliphatic rings. The van der Waals surface area contributed by atoms with E-state index in [-0.39, 0.29) is 38.1 Å². The van der Waals surface area contributed by atoms with Crippen LogP contribution in [0, 0.1) is 11.8 Å². The molecule has 2 bridgehead atoms. The Morgan fingerprint density at radius 1 is 1.27 bits per heavy atom. The SMILES string of the molecule is C=CCCCOC(=O)[C@H]1[C@H]2C(=O)N(CCO)C(C(=O)N(CC=C)c3ccc(Cl)cc3)C23CC[C@]1(CC)O3. The number of ether oxygens (including phenoxy) is 2. The van der Waals surface area contributed by atoms with Gasteiger partial charge in [-0.05, 0) is 56.4 Å². The molecule has 0 saturated carbocycles. The van der Waals surface area contributed by atoms with Crippen molar-refractivity contribution in [1.82, 2.24) is 4.90 Å². The Hall–Kier alpha value is -2.68. The van der Waals surface area contributed by atoms with E-state index in [1.54, 1.807) is 41.3 Å².